The Morgan fingerprint density at radius 3 is 2.86 bits per heavy atom. The molecule has 1 fully saturated rings. The van der Waals surface area contributed by atoms with Gasteiger partial charge in [0.15, 0.2) is 11.0 Å². The number of para-hydroxylation sites is 2. The Balaban J connectivity index is 1.60. The molecule has 0 saturated heterocycles. The number of aryl methyl sites for hydroxylation is 1. The summed E-state index contributed by atoms with van der Waals surface area (Å²) in [5.74, 6) is 1.06. The van der Waals surface area contributed by atoms with Gasteiger partial charge in [-0.15, -0.1) is 0 Å². The van der Waals surface area contributed by atoms with Gasteiger partial charge in [-0.3, -0.25) is 0 Å². The van der Waals surface area contributed by atoms with Crippen LogP contribution in [0.1, 0.15) is 37.9 Å². The molecular formula is C17H25N2O2+. The molecule has 0 radical (unpaired) electrons. The van der Waals surface area contributed by atoms with Crippen LogP contribution in [0.5, 0.6) is 0 Å². The van der Waals surface area contributed by atoms with Gasteiger partial charge < -0.3 is 9.84 Å². The lowest BCUT2D eigenvalue weighted by Crippen LogP contribution is -2.43. The van der Waals surface area contributed by atoms with Crippen LogP contribution in [0.25, 0.3) is 11.0 Å². The lowest BCUT2D eigenvalue weighted by Gasteiger charge is -2.23. The zero-order valence-electron chi connectivity index (χ0n) is 12.7. The number of benzene rings is 1. The van der Waals surface area contributed by atoms with Gasteiger partial charge in [0.25, 0.3) is 5.82 Å². The molecular weight excluding hydrogens is 264 g/mol. The third-order valence-corrected chi connectivity index (χ3v) is 4.39. The monoisotopic (exact) mass is 289 g/mol. The van der Waals surface area contributed by atoms with E-state index in [1.165, 1.54) is 19.3 Å². The van der Waals surface area contributed by atoms with Crippen LogP contribution in [0.3, 0.4) is 0 Å². The predicted octanol–water partition coefficient (Wildman–Crippen LogP) is 2.47. The number of aromatic amines is 1. The van der Waals surface area contributed by atoms with E-state index in [0.717, 1.165) is 29.7 Å². The summed E-state index contributed by atoms with van der Waals surface area (Å²) in [5, 5.41) is 10.3. The van der Waals surface area contributed by atoms with Crippen LogP contribution >= 0.6 is 0 Å². The number of aromatic nitrogens is 2. The minimum absolute atomic E-state index is 0.350. The van der Waals surface area contributed by atoms with E-state index in [1.807, 2.05) is 19.1 Å². The number of rotatable bonds is 5. The minimum Gasteiger partial charge on any atom is -0.387 e. The fourth-order valence-corrected chi connectivity index (χ4v) is 3.24. The fourth-order valence-electron chi connectivity index (χ4n) is 3.24. The molecule has 1 saturated carbocycles. The van der Waals surface area contributed by atoms with Gasteiger partial charge in [0.2, 0.25) is 0 Å². The summed E-state index contributed by atoms with van der Waals surface area (Å²) in [4.78, 5) is 3.35. The molecule has 1 unspecified atom stereocenters. The van der Waals surface area contributed by atoms with Crippen LogP contribution in [-0.2, 0) is 11.3 Å². The summed E-state index contributed by atoms with van der Waals surface area (Å²) in [7, 11) is 0. The summed E-state index contributed by atoms with van der Waals surface area (Å²) in [6.07, 6.45) is 6.02. The van der Waals surface area contributed by atoms with Gasteiger partial charge in [0.05, 0.1) is 12.7 Å². The average Bonchev–Trinajstić information content (AvgIpc) is 2.82. The summed E-state index contributed by atoms with van der Waals surface area (Å²) in [6, 6.07) is 8.18. The van der Waals surface area contributed by atoms with Crippen molar-refractivity contribution in [1.82, 2.24) is 4.98 Å². The first kappa shape index (κ1) is 14.5. The standard InChI is InChI=1S/C17H24N2O2/c1-13-18-16-9-5-6-10-17(16)19(13)11-14(20)12-21-15-7-3-2-4-8-15/h5-6,9-10,14-15,20H,2-4,7-8,11-12H2,1H3/p+1. The molecule has 4 heteroatoms. The summed E-state index contributed by atoms with van der Waals surface area (Å²) in [6.45, 7) is 3.04. The first-order valence-corrected chi connectivity index (χ1v) is 8.01. The normalized spacial score (nSPS) is 18.2. The molecule has 1 aromatic carbocycles. The first-order chi connectivity index (χ1) is 10.2. The number of ether oxygens (including phenoxy) is 1. The van der Waals surface area contributed by atoms with Gasteiger partial charge in [-0.25, -0.2) is 9.55 Å². The second-order valence-corrected chi connectivity index (χ2v) is 6.09. The van der Waals surface area contributed by atoms with E-state index in [1.54, 1.807) is 0 Å². The van der Waals surface area contributed by atoms with Gasteiger partial charge >= 0.3 is 0 Å². The molecule has 1 aliphatic carbocycles. The fraction of sp³-hybridized carbons (Fsp3) is 0.588. The number of fused-ring (bicyclic) bond motifs is 1. The van der Waals surface area contributed by atoms with Crippen molar-refractivity contribution in [1.29, 1.82) is 0 Å². The second-order valence-electron chi connectivity index (χ2n) is 6.09. The smallest absolute Gasteiger partial charge is 0.252 e. The zero-order valence-corrected chi connectivity index (χ0v) is 12.7. The highest BCUT2D eigenvalue weighted by atomic mass is 16.5. The van der Waals surface area contributed by atoms with E-state index in [0.29, 0.717) is 19.3 Å². The Morgan fingerprint density at radius 2 is 2.05 bits per heavy atom. The Bertz CT molecular complexity index is 587. The lowest BCUT2D eigenvalue weighted by atomic mass is 9.98. The number of hydrogen-bond donors (Lipinski definition) is 2. The van der Waals surface area contributed by atoms with Crippen molar-refractivity contribution in [2.75, 3.05) is 6.61 Å². The highest BCUT2D eigenvalue weighted by Gasteiger charge is 2.20. The maximum atomic E-state index is 10.3. The van der Waals surface area contributed by atoms with Crippen LogP contribution in [0.2, 0.25) is 0 Å². The van der Waals surface area contributed by atoms with Crippen molar-refractivity contribution in [3.05, 3.63) is 30.1 Å². The zero-order chi connectivity index (χ0) is 14.7. The minimum atomic E-state index is -0.463. The van der Waals surface area contributed by atoms with Crippen molar-refractivity contribution in [2.45, 2.75) is 57.8 Å². The number of nitrogens with one attached hydrogen (secondary N) is 1. The van der Waals surface area contributed by atoms with E-state index in [9.17, 15) is 5.11 Å². The maximum absolute atomic E-state index is 10.3. The molecule has 114 valence electrons. The van der Waals surface area contributed by atoms with Gasteiger partial charge in [0, 0.05) is 6.92 Å². The third-order valence-electron chi connectivity index (χ3n) is 4.39. The van der Waals surface area contributed by atoms with E-state index >= 15 is 0 Å². The molecule has 21 heavy (non-hydrogen) atoms. The summed E-state index contributed by atoms with van der Waals surface area (Å²) < 4.78 is 8.00. The summed E-state index contributed by atoms with van der Waals surface area (Å²) in [5.41, 5.74) is 2.24. The van der Waals surface area contributed by atoms with Crippen molar-refractivity contribution >= 4 is 11.0 Å². The molecule has 0 spiro atoms. The highest BCUT2D eigenvalue weighted by Crippen LogP contribution is 2.20. The second kappa shape index (κ2) is 6.58. The molecule has 0 amide bonds. The van der Waals surface area contributed by atoms with E-state index in [-0.39, 0.29) is 0 Å². The van der Waals surface area contributed by atoms with E-state index in [2.05, 4.69) is 21.7 Å². The Hall–Kier alpha value is -1.39. The highest BCUT2D eigenvalue weighted by molar-refractivity contribution is 5.70. The van der Waals surface area contributed by atoms with Crippen LogP contribution in [-0.4, -0.2) is 28.9 Å². The number of nitrogens with zero attached hydrogens (tertiary/aromatic N) is 1. The molecule has 0 bridgehead atoms. The first-order valence-electron chi connectivity index (χ1n) is 8.01. The molecule has 2 N–H and O–H groups in total. The van der Waals surface area contributed by atoms with Gasteiger partial charge in [0.1, 0.15) is 12.6 Å². The molecule has 2 aromatic rings. The van der Waals surface area contributed by atoms with Gasteiger partial charge in [-0.2, -0.15) is 0 Å². The number of H-pyrrole nitrogens is 1. The van der Waals surface area contributed by atoms with Crippen LogP contribution in [0.15, 0.2) is 24.3 Å². The number of aliphatic hydroxyl groups is 1. The van der Waals surface area contributed by atoms with Crippen molar-refractivity contribution in [2.24, 2.45) is 0 Å². The van der Waals surface area contributed by atoms with E-state index in [4.69, 9.17) is 4.74 Å². The quantitative estimate of drug-likeness (QED) is 0.831. The Morgan fingerprint density at radius 1 is 1.29 bits per heavy atom. The summed E-state index contributed by atoms with van der Waals surface area (Å²) >= 11 is 0. The molecule has 1 heterocycles. The topological polar surface area (TPSA) is 49.1 Å². The Labute approximate surface area is 125 Å². The lowest BCUT2D eigenvalue weighted by molar-refractivity contribution is -0.684. The third kappa shape index (κ3) is 3.44. The van der Waals surface area contributed by atoms with Crippen LogP contribution in [0, 0.1) is 6.92 Å². The maximum Gasteiger partial charge on any atom is 0.252 e. The van der Waals surface area contributed by atoms with Gasteiger partial charge in [-0.05, 0) is 25.0 Å². The van der Waals surface area contributed by atoms with Crippen LogP contribution < -0.4 is 4.57 Å². The molecule has 1 atom stereocenters. The average molecular weight is 289 g/mol. The number of hydrogen-bond acceptors (Lipinski definition) is 2. The molecule has 4 nitrogen and oxygen atoms in total. The van der Waals surface area contributed by atoms with Crippen LogP contribution in [0.4, 0.5) is 0 Å². The Kier molecular flexibility index (Phi) is 4.56. The molecule has 0 aliphatic heterocycles. The molecule has 1 aliphatic rings. The molecule has 1 aromatic heterocycles. The van der Waals surface area contributed by atoms with Crippen molar-refractivity contribution in [3.8, 4) is 0 Å². The van der Waals surface area contributed by atoms with Crippen molar-refractivity contribution in [3.63, 3.8) is 0 Å². The largest absolute Gasteiger partial charge is 0.387 e. The van der Waals surface area contributed by atoms with E-state index < -0.39 is 6.10 Å². The SMILES string of the molecule is Cc1[nH]c2ccccc2[n+]1CC(O)COC1CCCCC1. The number of imidazole rings is 1. The van der Waals surface area contributed by atoms with Crippen molar-refractivity contribution < 1.29 is 14.4 Å². The number of aliphatic hydroxyl groups excluding tert-OH is 1. The molecule has 3 rings (SSSR count). The predicted molar refractivity (Wildman–Crippen MR) is 82.1 cm³/mol. The van der Waals surface area contributed by atoms with Gasteiger partial charge in [-0.1, -0.05) is 31.4 Å².